The average Bonchev–Trinajstić information content (AvgIpc) is 1.86. The van der Waals surface area contributed by atoms with Gasteiger partial charge in [-0.3, -0.25) is 0 Å². The van der Waals surface area contributed by atoms with Crippen molar-refractivity contribution < 1.29 is 89.8 Å². The van der Waals surface area contributed by atoms with Crippen molar-refractivity contribution in [1.82, 2.24) is 0 Å². The Bertz CT molecular complexity index is 209. The minimum atomic E-state index is -5.17. The number of rotatable bonds is 3. The van der Waals surface area contributed by atoms with Gasteiger partial charge < -0.3 is 15.7 Å². The van der Waals surface area contributed by atoms with Crippen molar-refractivity contribution in [2.45, 2.75) is 11.1 Å². The molecule has 0 spiro atoms. The molecule has 14 heavy (non-hydrogen) atoms. The molecule has 0 heterocycles. The van der Waals surface area contributed by atoms with E-state index in [0.29, 0.717) is 0 Å². The Morgan fingerprint density at radius 1 is 1.07 bits per heavy atom. The molecule has 0 saturated heterocycles. The third kappa shape index (κ3) is 3.64. The van der Waals surface area contributed by atoms with Gasteiger partial charge in [-0.1, -0.05) is 11.6 Å². The van der Waals surface area contributed by atoms with Gasteiger partial charge in [0.15, 0.2) is 0 Å². The Balaban J connectivity index is -0.000000605. The number of hydrogen-bond donors (Lipinski definition) is 2. The summed E-state index contributed by atoms with van der Waals surface area (Å²) in [6.07, 6.45) is 0. The Hall–Kier alpha value is 0.616. The van der Waals surface area contributed by atoms with Gasteiger partial charge in [-0.15, -0.1) is 0 Å². The zero-order valence-electron chi connectivity index (χ0n) is 6.67. The van der Waals surface area contributed by atoms with Crippen molar-refractivity contribution in [3.8, 4) is 0 Å². The van der Waals surface area contributed by atoms with Crippen molar-refractivity contribution in [3.63, 3.8) is 0 Å². The van der Waals surface area contributed by atoms with Crippen LogP contribution in [-0.2, 0) is 9.59 Å². The SMILES string of the molecule is O=C(O)C(F)(F)C(F)(Cl)C(=O)O.[K+].[OH-]. The minimum Gasteiger partial charge on any atom is -0.870 e. The number of carbonyl (C=O) groups is 2. The zero-order valence-corrected chi connectivity index (χ0v) is 10.5. The molecule has 0 saturated carbocycles. The van der Waals surface area contributed by atoms with Gasteiger partial charge in [-0.25, -0.2) is 14.0 Å². The van der Waals surface area contributed by atoms with Gasteiger partial charge in [0.05, 0.1) is 0 Å². The molecule has 0 radical (unpaired) electrons. The molecule has 0 aromatic rings. The predicted octanol–water partition coefficient (Wildman–Crippen LogP) is -2.48. The number of aliphatic carboxylic acids is 2. The molecule has 0 aliphatic rings. The second-order valence-electron chi connectivity index (χ2n) is 1.76. The summed E-state index contributed by atoms with van der Waals surface area (Å²) in [5.74, 6) is -10.9. The smallest absolute Gasteiger partial charge is 0.870 e. The molecule has 78 valence electrons. The van der Waals surface area contributed by atoms with Crippen molar-refractivity contribution in [1.29, 1.82) is 0 Å². The molecule has 3 N–H and O–H groups in total. The summed E-state index contributed by atoms with van der Waals surface area (Å²) in [5, 5.41) is 10.8. The monoisotopic (exact) mass is 262 g/mol. The molecule has 10 heteroatoms. The van der Waals surface area contributed by atoms with Crippen LogP contribution in [0.3, 0.4) is 0 Å². The summed E-state index contributed by atoms with van der Waals surface area (Å²) in [6.45, 7) is 0. The van der Waals surface area contributed by atoms with E-state index in [1.807, 2.05) is 0 Å². The summed E-state index contributed by atoms with van der Waals surface area (Å²) in [6, 6.07) is 0. The van der Waals surface area contributed by atoms with Gasteiger partial charge in [0, 0.05) is 0 Å². The largest absolute Gasteiger partial charge is 1.00 e. The van der Waals surface area contributed by atoms with Crippen LogP contribution in [0.25, 0.3) is 0 Å². The van der Waals surface area contributed by atoms with E-state index in [9.17, 15) is 22.8 Å². The summed E-state index contributed by atoms with van der Waals surface area (Å²) in [7, 11) is 0. The predicted molar refractivity (Wildman–Crippen MR) is 31.8 cm³/mol. The number of hydrogen-bond acceptors (Lipinski definition) is 3. The maximum atomic E-state index is 12.3. The molecule has 0 aromatic carbocycles. The van der Waals surface area contributed by atoms with Crippen molar-refractivity contribution in [2.75, 3.05) is 0 Å². The zero-order chi connectivity index (χ0) is 10.2. The summed E-state index contributed by atoms with van der Waals surface area (Å²) in [4.78, 5) is 19.4. The van der Waals surface area contributed by atoms with Crippen LogP contribution in [0.5, 0.6) is 0 Å². The number of alkyl halides is 4. The second-order valence-corrected chi connectivity index (χ2v) is 2.28. The van der Waals surface area contributed by atoms with Crippen LogP contribution in [0.1, 0.15) is 0 Å². The van der Waals surface area contributed by atoms with Crippen LogP contribution in [-0.4, -0.2) is 38.7 Å². The Kier molecular flexibility index (Phi) is 8.97. The fourth-order valence-electron chi connectivity index (χ4n) is 0.269. The maximum absolute atomic E-state index is 12.3. The van der Waals surface area contributed by atoms with Crippen molar-refractivity contribution >= 4 is 23.5 Å². The molecule has 0 aliphatic heterocycles. The number of carboxylic acid groups (broad SMARTS) is 2. The van der Waals surface area contributed by atoms with Crippen LogP contribution < -0.4 is 51.4 Å². The van der Waals surface area contributed by atoms with Gasteiger partial charge in [0.1, 0.15) is 0 Å². The van der Waals surface area contributed by atoms with Gasteiger partial charge in [-0.2, -0.15) is 8.78 Å². The van der Waals surface area contributed by atoms with E-state index in [1.54, 1.807) is 0 Å². The molecular formula is C4H3ClF3KO5. The van der Waals surface area contributed by atoms with Crippen LogP contribution in [0.2, 0.25) is 0 Å². The molecule has 1 unspecified atom stereocenters. The average molecular weight is 263 g/mol. The number of halogens is 4. The van der Waals surface area contributed by atoms with Crippen LogP contribution >= 0.6 is 11.6 Å². The molecule has 0 amide bonds. The van der Waals surface area contributed by atoms with E-state index in [-0.39, 0.29) is 56.9 Å². The van der Waals surface area contributed by atoms with E-state index in [0.717, 1.165) is 0 Å². The van der Waals surface area contributed by atoms with E-state index < -0.39 is 23.0 Å². The third-order valence-electron chi connectivity index (χ3n) is 0.932. The molecule has 0 aliphatic carbocycles. The van der Waals surface area contributed by atoms with Gasteiger partial charge in [0.25, 0.3) is 0 Å². The van der Waals surface area contributed by atoms with E-state index in [1.165, 1.54) is 0 Å². The first kappa shape index (κ1) is 20.1. The van der Waals surface area contributed by atoms with Gasteiger partial charge >= 0.3 is 74.4 Å². The normalized spacial score (nSPS) is 14.3. The standard InChI is InChI=1S/C4H2ClF3O4.K.H2O/c5-3(6,1(9)10)4(7,8)2(11)12;;/h(H,9,10)(H,11,12);;1H2/q;+1;/p-1. The molecule has 0 fully saturated rings. The third-order valence-corrected chi connectivity index (χ3v) is 1.33. The van der Waals surface area contributed by atoms with Gasteiger partial charge in [0.2, 0.25) is 0 Å². The minimum absolute atomic E-state index is 0. The fourth-order valence-corrected chi connectivity index (χ4v) is 0.349. The molecule has 0 rings (SSSR count). The van der Waals surface area contributed by atoms with Crippen LogP contribution in [0.15, 0.2) is 0 Å². The quantitative estimate of drug-likeness (QED) is 0.433. The van der Waals surface area contributed by atoms with E-state index in [4.69, 9.17) is 10.2 Å². The van der Waals surface area contributed by atoms with Gasteiger partial charge in [-0.05, 0) is 0 Å². The Morgan fingerprint density at radius 3 is 1.43 bits per heavy atom. The first-order chi connectivity index (χ1) is 5.14. The van der Waals surface area contributed by atoms with E-state index >= 15 is 0 Å². The first-order valence-corrected chi connectivity index (χ1v) is 2.74. The van der Waals surface area contributed by atoms with Crippen molar-refractivity contribution in [2.24, 2.45) is 0 Å². The molecule has 1 atom stereocenters. The Morgan fingerprint density at radius 2 is 1.36 bits per heavy atom. The fraction of sp³-hybridized carbons (Fsp3) is 0.500. The molecule has 0 aromatic heterocycles. The number of carboxylic acids is 2. The van der Waals surface area contributed by atoms with Crippen LogP contribution in [0.4, 0.5) is 13.2 Å². The molecule has 0 bridgehead atoms. The summed E-state index contributed by atoms with van der Waals surface area (Å²) < 4.78 is 36.5. The molecule has 5 nitrogen and oxygen atoms in total. The second kappa shape index (κ2) is 6.25. The first-order valence-electron chi connectivity index (χ1n) is 2.36. The Labute approximate surface area is 123 Å². The summed E-state index contributed by atoms with van der Waals surface area (Å²) >= 11 is 4.16. The molecular weight excluding hydrogens is 260 g/mol. The van der Waals surface area contributed by atoms with Crippen molar-refractivity contribution in [3.05, 3.63) is 0 Å². The van der Waals surface area contributed by atoms with Crippen LogP contribution in [0, 0.1) is 0 Å². The maximum Gasteiger partial charge on any atom is 1.00 e. The summed E-state index contributed by atoms with van der Waals surface area (Å²) in [5.41, 5.74) is 0. The van der Waals surface area contributed by atoms with E-state index in [2.05, 4.69) is 11.6 Å². The topological polar surface area (TPSA) is 105 Å².